The van der Waals surface area contributed by atoms with Crippen LogP contribution in [0.4, 0.5) is 10.1 Å². The largest absolute Gasteiger partial charge is 0.396 e. The summed E-state index contributed by atoms with van der Waals surface area (Å²) >= 11 is 0. The maximum absolute atomic E-state index is 13.8. The molecular weight excluding hydrogens is 233 g/mol. The molecule has 1 atom stereocenters. The summed E-state index contributed by atoms with van der Waals surface area (Å²) in [5.41, 5.74) is 1.15. The van der Waals surface area contributed by atoms with Crippen molar-refractivity contribution in [2.45, 2.75) is 25.9 Å². The Hall–Kier alpha value is -1.13. The minimum atomic E-state index is -0.809. The molecule has 1 heterocycles. The number of anilines is 1. The first kappa shape index (κ1) is 13.3. The third kappa shape index (κ3) is 2.65. The highest BCUT2D eigenvalue weighted by atomic mass is 19.1. The molecule has 2 N–H and O–H groups in total. The zero-order chi connectivity index (χ0) is 13.1. The van der Waals surface area contributed by atoms with E-state index in [1.54, 1.807) is 13.0 Å². The van der Waals surface area contributed by atoms with Crippen LogP contribution in [0.1, 0.15) is 31.4 Å². The molecule has 0 saturated carbocycles. The SMILES string of the molecule is CC(O)c1c(F)cccc1N1CCC(CO)CC1. The van der Waals surface area contributed by atoms with Crippen molar-refractivity contribution in [2.75, 3.05) is 24.6 Å². The van der Waals surface area contributed by atoms with Gasteiger partial charge < -0.3 is 15.1 Å². The average Bonchev–Trinajstić information content (AvgIpc) is 2.38. The van der Waals surface area contributed by atoms with E-state index < -0.39 is 6.10 Å². The molecule has 100 valence electrons. The van der Waals surface area contributed by atoms with Crippen LogP contribution >= 0.6 is 0 Å². The summed E-state index contributed by atoms with van der Waals surface area (Å²) in [6.45, 7) is 3.41. The van der Waals surface area contributed by atoms with Crippen LogP contribution in [-0.2, 0) is 0 Å². The monoisotopic (exact) mass is 253 g/mol. The van der Waals surface area contributed by atoms with Crippen molar-refractivity contribution in [3.8, 4) is 0 Å². The first-order valence-corrected chi connectivity index (χ1v) is 6.45. The van der Waals surface area contributed by atoms with Gasteiger partial charge in [0.05, 0.1) is 6.10 Å². The Morgan fingerprint density at radius 3 is 2.61 bits per heavy atom. The first-order chi connectivity index (χ1) is 8.63. The Kier molecular flexibility index (Phi) is 4.19. The molecule has 2 rings (SSSR count). The molecule has 1 aromatic rings. The van der Waals surface area contributed by atoms with E-state index in [1.807, 2.05) is 6.07 Å². The highest BCUT2D eigenvalue weighted by molar-refractivity contribution is 5.55. The predicted octanol–water partition coefficient (Wildman–Crippen LogP) is 2.09. The highest BCUT2D eigenvalue weighted by Gasteiger charge is 2.23. The molecule has 0 bridgehead atoms. The highest BCUT2D eigenvalue weighted by Crippen LogP contribution is 2.31. The van der Waals surface area contributed by atoms with Gasteiger partial charge in [-0.2, -0.15) is 0 Å². The maximum atomic E-state index is 13.8. The average molecular weight is 253 g/mol. The van der Waals surface area contributed by atoms with E-state index in [1.165, 1.54) is 6.07 Å². The molecule has 3 nitrogen and oxygen atoms in total. The number of benzene rings is 1. The molecule has 0 aliphatic carbocycles. The molecular formula is C14H20FNO2. The lowest BCUT2D eigenvalue weighted by Crippen LogP contribution is -2.35. The molecule has 18 heavy (non-hydrogen) atoms. The number of halogens is 1. The number of piperidine rings is 1. The molecule has 1 saturated heterocycles. The number of aliphatic hydroxyl groups excluding tert-OH is 2. The minimum Gasteiger partial charge on any atom is -0.396 e. The van der Waals surface area contributed by atoms with Crippen molar-refractivity contribution in [3.63, 3.8) is 0 Å². The normalized spacial score (nSPS) is 19.0. The second-order valence-electron chi connectivity index (χ2n) is 4.96. The fourth-order valence-corrected chi connectivity index (χ4v) is 2.57. The quantitative estimate of drug-likeness (QED) is 0.867. The summed E-state index contributed by atoms with van der Waals surface area (Å²) in [4.78, 5) is 2.09. The number of hydrogen-bond donors (Lipinski definition) is 2. The van der Waals surface area contributed by atoms with Gasteiger partial charge in [-0.25, -0.2) is 4.39 Å². The Bertz CT molecular complexity index is 401. The van der Waals surface area contributed by atoms with E-state index in [0.29, 0.717) is 11.5 Å². The van der Waals surface area contributed by atoms with Gasteiger partial charge in [-0.15, -0.1) is 0 Å². The van der Waals surface area contributed by atoms with Gasteiger partial charge in [-0.05, 0) is 37.8 Å². The van der Waals surface area contributed by atoms with Gasteiger partial charge >= 0.3 is 0 Å². The van der Waals surface area contributed by atoms with Crippen LogP contribution in [0.5, 0.6) is 0 Å². The first-order valence-electron chi connectivity index (χ1n) is 6.45. The summed E-state index contributed by atoms with van der Waals surface area (Å²) in [5, 5.41) is 18.8. The van der Waals surface area contributed by atoms with E-state index in [-0.39, 0.29) is 12.4 Å². The van der Waals surface area contributed by atoms with E-state index in [2.05, 4.69) is 4.90 Å². The lowest BCUT2D eigenvalue weighted by atomic mass is 9.96. The zero-order valence-corrected chi connectivity index (χ0v) is 10.6. The minimum absolute atomic E-state index is 0.222. The van der Waals surface area contributed by atoms with Gasteiger partial charge in [0.15, 0.2) is 0 Å². The fourth-order valence-electron chi connectivity index (χ4n) is 2.57. The van der Waals surface area contributed by atoms with Gasteiger partial charge in [0.1, 0.15) is 5.82 Å². The van der Waals surface area contributed by atoms with Crippen molar-refractivity contribution in [1.29, 1.82) is 0 Å². The molecule has 1 unspecified atom stereocenters. The lowest BCUT2D eigenvalue weighted by molar-refractivity contribution is 0.192. The summed E-state index contributed by atoms with van der Waals surface area (Å²) in [6.07, 6.45) is 1.01. The molecule has 1 aromatic carbocycles. The summed E-state index contributed by atoms with van der Waals surface area (Å²) in [5.74, 6) is -0.00316. The van der Waals surface area contributed by atoms with Crippen LogP contribution in [0.25, 0.3) is 0 Å². The van der Waals surface area contributed by atoms with E-state index in [0.717, 1.165) is 31.6 Å². The number of rotatable bonds is 3. The van der Waals surface area contributed by atoms with E-state index >= 15 is 0 Å². The van der Waals surface area contributed by atoms with Crippen LogP contribution < -0.4 is 4.90 Å². The van der Waals surface area contributed by atoms with Crippen LogP contribution in [0.2, 0.25) is 0 Å². The lowest BCUT2D eigenvalue weighted by Gasteiger charge is -2.34. The molecule has 1 aliphatic rings. The molecule has 1 aliphatic heterocycles. The second kappa shape index (κ2) is 5.67. The van der Waals surface area contributed by atoms with Crippen LogP contribution in [0.3, 0.4) is 0 Å². The van der Waals surface area contributed by atoms with Crippen molar-refractivity contribution >= 4 is 5.69 Å². The van der Waals surface area contributed by atoms with E-state index in [4.69, 9.17) is 5.11 Å². The summed E-state index contributed by atoms with van der Waals surface area (Å²) in [6, 6.07) is 4.91. The summed E-state index contributed by atoms with van der Waals surface area (Å²) < 4.78 is 13.8. The van der Waals surface area contributed by atoms with Gasteiger partial charge in [0.25, 0.3) is 0 Å². The standard InChI is InChI=1S/C14H20FNO2/c1-10(18)14-12(15)3-2-4-13(14)16-7-5-11(9-17)6-8-16/h2-4,10-11,17-18H,5-9H2,1H3. The van der Waals surface area contributed by atoms with Gasteiger partial charge in [-0.3, -0.25) is 0 Å². The van der Waals surface area contributed by atoms with Crippen molar-refractivity contribution < 1.29 is 14.6 Å². The van der Waals surface area contributed by atoms with Crippen molar-refractivity contribution in [2.24, 2.45) is 5.92 Å². The third-order valence-corrected chi connectivity index (χ3v) is 3.66. The number of aliphatic hydroxyl groups is 2. The molecule has 4 heteroatoms. The van der Waals surface area contributed by atoms with Gasteiger partial charge in [-0.1, -0.05) is 6.07 Å². The molecule has 0 aromatic heterocycles. The number of hydrogen-bond acceptors (Lipinski definition) is 3. The smallest absolute Gasteiger partial charge is 0.131 e. The van der Waals surface area contributed by atoms with Gasteiger partial charge in [0.2, 0.25) is 0 Å². The third-order valence-electron chi connectivity index (χ3n) is 3.66. The Balaban J connectivity index is 2.21. The predicted molar refractivity (Wildman–Crippen MR) is 69.1 cm³/mol. The molecule has 0 spiro atoms. The topological polar surface area (TPSA) is 43.7 Å². The van der Waals surface area contributed by atoms with Crippen molar-refractivity contribution in [3.05, 3.63) is 29.6 Å². The van der Waals surface area contributed by atoms with Crippen LogP contribution in [-0.4, -0.2) is 29.9 Å². The van der Waals surface area contributed by atoms with Gasteiger partial charge in [0, 0.05) is 30.9 Å². The Morgan fingerprint density at radius 2 is 2.06 bits per heavy atom. The van der Waals surface area contributed by atoms with Crippen LogP contribution in [0.15, 0.2) is 18.2 Å². The van der Waals surface area contributed by atoms with E-state index in [9.17, 15) is 9.50 Å². The fraction of sp³-hybridized carbons (Fsp3) is 0.571. The summed E-state index contributed by atoms with van der Waals surface area (Å²) in [7, 11) is 0. The van der Waals surface area contributed by atoms with Crippen molar-refractivity contribution in [1.82, 2.24) is 0 Å². The molecule has 1 fully saturated rings. The molecule has 0 amide bonds. The Labute approximate surface area is 107 Å². The zero-order valence-electron chi connectivity index (χ0n) is 10.6. The maximum Gasteiger partial charge on any atom is 0.131 e. The Morgan fingerprint density at radius 1 is 1.39 bits per heavy atom. The second-order valence-corrected chi connectivity index (χ2v) is 4.96. The van der Waals surface area contributed by atoms with Crippen LogP contribution in [0, 0.1) is 11.7 Å². The number of nitrogens with zero attached hydrogens (tertiary/aromatic N) is 1. The molecule has 0 radical (unpaired) electrons.